The van der Waals surface area contributed by atoms with Crippen molar-refractivity contribution in [2.45, 2.75) is 55.5 Å². The van der Waals surface area contributed by atoms with Crippen LogP contribution in [-0.2, 0) is 55.9 Å². The Morgan fingerprint density at radius 1 is 1.02 bits per heavy atom. The number of nitrogens with zero attached hydrogens (tertiary/aromatic N) is 6. The van der Waals surface area contributed by atoms with Crippen LogP contribution in [0.2, 0.25) is 0 Å². The average Bonchev–Trinajstić information content (AvgIpc) is 3.80. The van der Waals surface area contributed by atoms with E-state index < -0.39 is 80.8 Å². The Labute approximate surface area is 268 Å². The van der Waals surface area contributed by atoms with E-state index in [1.807, 2.05) is 0 Å². The van der Waals surface area contributed by atoms with E-state index in [9.17, 15) is 19.7 Å². The lowest BCUT2D eigenvalue weighted by atomic mass is 10.0. The van der Waals surface area contributed by atoms with Crippen LogP contribution >= 0.6 is 13.4 Å². The second-order valence-corrected chi connectivity index (χ2v) is 16.8. The number of rotatable bonds is 2. The molecule has 19 nitrogen and oxygen atoms in total. The molecule has 4 saturated heterocycles. The van der Waals surface area contributed by atoms with Crippen molar-refractivity contribution in [1.29, 1.82) is 0 Å². The number of aliphatic hydroxyl groups excluding tert-OH is 1. The highest BCUT2D eigenvalue weighted by Crippen LogP contribution is 2.58. The predicted octanol–water partition coefficient (Wildman–Crippen LogP) is -0.369. The first kappa shape index (κ1) is 31.0. The Morgan fingerprint density at radius 2 is 1.78 bits per heavy atom. The number of nitrogens with one attached hydrogen (secondary N) is 1. The number of H-pyrrole nitrogens is 1. The van der Waals surface area contributed by atoms with Gasteiger partial charge in [-0.3, -0.25) is 18.4 Å². The molecule has 6 N–H and O–H groups in total. The van der Waals surface area contributed by atoms with E-state index in [0.717, 1.165) is 0 Å². The van der Waals surface area contributed by atoms with Crippen molar-refractivity contribution in [3.63, 3.8) is 0 Å². The van der Waals surface area contributed by atoms with Crippen molar-refractivity contribution in [2.75, 3.05) is 25.6 Å². The average molecular weight is 717 g/mol. The molecule has 0 saturated carbocycles. The van der Waals surface area contributed by atoms with Crippen LogP contribution in [0.1, 0.15) is 18.1 Å². The molecule has 4 aliphatic rings. The van der Waals surface area contributed by atoms with Crippen LogP contribution < -0.4 is 11.3 Å². The molecule has 10 atom stereocenters. The normalized spacial score (nSPS) is 39.7. The Balaban J connectivity index is 1.10. The fourth-order valence-electron chi connectivity index (χ4n) is 6.23. The summed E-state index contributed by atoms with van der Waals surface area (Å²) in [5.41, 5.74) is 5.87. The lowest BCUT2D eigenvalue weighted by molar-refractivity contribution is -0.183. The lowest BCUT2D eigenvalue weighted by Gasteiger charge is -2.34. The standard InChI is InChI=1S/C23H26N8O11P2S2/c1-9-13-19(26-6-25-9)31(8-27-13)22-17-18-23(40-22,4-36-17)5-38-44(35,46)41-16-11(3-37-43(34,45)42-18)39-21(15(16)32)30-7-28-14-10(30)2-12(24)29-20(14)33/h2,6-8,11,15-18,21-22,32H,3-5H2,1H3,(H,34,45)(H,35,46)(H3,24,29,33)/t11-,15-,16-,17-,18+,21-,22-,23-,43?,44?/m1/s1. The van der Waals surface area contributed by atoms with Gasteiger partial charge in [0.25, 0.3) is 5.56 Å². The third kappa shape index (κ3) is 4.98. The summed E-state index contributed by atoms with van der Waals surface area (Å²) in [5, 5.41) is 11.4. The van der Waals surface area contributed by atoms with E-state index in [-0.39, 0.29) is 23.5 Å². The number of aromatic nitrogens is 7. The van der Waals surface area contributed by atoms with E-state index in [1.54, 1.807) is 11.5 Å². The minimum atomic E-state index is -4.13. The summed E-state index contributed by atoms with van der Waals surface area (Å²) < 4.78 is 45.0. The van der Waals surface area contributed by atoms with Crippen molar-refractivity contribution in [1.82, 2.24) is 34.1 Å². The Bertz CT molecular complexity index is 2030. The molecule has 246 valence electrons. The molecule has 0 spiro atoms. The number of imidazole rings is 2. The fraction of sp³-hybridized carbons (Fsp3) is 0.522. The van der Waals surface area contributed by atoms with Crippen molar-refractivity contribution >= 4 is 65.1 Å². The summed E-state index contributed by atoms with van der Waals surface area (Å²) in [4.78, 5) is 54.2. The monoisotopic (exact) mass is 716 g/mol. The summed E-state index contributed by atoms with van der Waals surface area (Å²) in [5.74, 6) is 0.0625. The zero-order valence-electron chi connectivity index (χ0n) is 23.6. The van der Waals surface area contributed by atoms with E-state index in [1.165, 1.54) is 29.6 Å². The molecule has 0 aromatic carbocycles. The second-order valence-electron chi connectivity index (χ2n) is 11.2. The fourth-order valence-corrected chi connectivity index (χ4v) is 9.15. The summed E-state index contributed by atoms with van der Waals surface area (Å²) in [6.45, 7) is -7.31. The van der Waals surface area contributed by atoms with Gasteiger partial charge in [0, 0.05) is 6.07 Å². The number of nitrogen functional groups attached to an aromatic ring is 1. The Hall–Kier alpha value is -2.33. The van der Waals surface area contributed by atoms with Gasteiger partial charge in [-0.15, -0.1) is 0 Å². The van der Waals surface area contributed by atoms with Gasteiger partial charge in [0.1, 0.15) is 53.8 Å². The number of ether oxygens (including phenoxy) is 3. The maximum Gasteiger partial charge on any atom is 0.325 e. The van der Waals surface area contributed by atoms with E-state index in [0.29, 0.717) is 16.9 Å². The maximum atomic E-state index is 12.3. The Kier molecular flexibility index (Phi) is 7.30. The maximum absolute atomic E-state index is 12.3. The smallest absolute Gasteiger partial charge is 0.325 e. The number of fused-ring (bicyclic) bond motifs is 3. The molecular formula is C23H26N8O11P2S2. The highest BCUT2D eigenvalue weighted by molar-refractivity contribution is 8.07. The quantitative estimate of drug-likeness (QED) is 0.166. The van der Waals surface area contributed by atoms with Gasteiger partial charge in [-0.2, -0.15) is 0 Å². The van der Waals surface area contributed by atoms with E-state index >= 15 is 0 Å². The first-order valence-corrected chi connectivity index (χ1v) is 19.0. The van der Waals surface area contributed by atoms with Crippen LogP contribution in [0, 0.1) is 6.92 Å². The molecule has 4 aliphatic heterocycles. The molecule has 2 bridgehead atoms. The molecule has 4 aromatic heterocycles. The molecule has 0 aliphatic carbocycles. The number of aliphatic hydroxyl groups is 1. The molecule has 2 unspecified atom stereocenters. The zero-order valence-corrected chi connectivity index (χ0v) is 27.0. The van der Waals surface area contributed by atoms with Gasteiger partial charge in [-0.1, -0.05) is 0 Å². The molecule has 23 heteroatoms. The zero-order chi connectivity index (χ0) is 32.2. The SMILES string of the molecule is Cc1ncnc2c1ncn2[C@@H]1O[C@@]23CO[C@@H]1[C@@H]2OP(O)(=S)OC[C@H]1O[C@@H](n2cnc4c(=O)[nH]c(N)cc42)[C@H](O)[C@@H]1OP(O)(=S)OC3. The lowest BCUT2D eigenvalue weighted by Crippen LogP contribution is -2.46. The highest BCUT2D eigenvalue weighted by atomic mass is 32.5. The number of aryl methyl sites for hydroxylation is 1. The van der Waals surface area contributed by atoms with Crippen LogP contribution in [0.4, 0.5) is 5.82 Å². The van der Waals surface area contributed by atoms with Gasteiger partial charge < -0.3 is 53.4 Å². The second kappa shape index (κ2) is 10.8. The third-order valence-electron chi connectivity index (χ3n) is 8.35. The van der Waals surface area contributed by atoms with Crippen LogP contribution in [0.5, 0.6) is 0 Å². The number of hydrogen-bond acceptors (Lipinski definition) is 16. The number of hydrogen-bond donors (Lipinski definition) is 5. The minimum absolute atomic E-state index is 0.0515. The Morgan fingerprint density at radius 3 is 2.61 bits per heavy atom. The van der Waals surface area contributed by atoms with Gasteiger partial charge >= 0.3 is 13.4 Å². The molecule has 8 rings (SSSR count). The van der Waals surface area contributed by atoms with Crippen LogP contribution in [-0.4, -0.2) is 105 Å². The first-order chi connectivity index (χ1) is 21.8. The molecule has 0 radical (unpaired) electrons. The predicted molar refractivity (Wildman–Crippen MR) is 162 cm³/mol. The summed E-state index contributed by atoms with van der Waals surface area (Å²) in [7, 11) is 0. The number of anilines is 1. The number of nitrogens with two attached hydrogens (primary N) is 1. The van der Waals surface area contributed by atoms with Crippen LogP contribution in [0.15, 0.2) is 29.8 Å². The topological polar surface area (TPSA) is 246 Å². The van der Waals surface area contributed by atoms with Gasteiger partial charge in [-0.05, 0) is 30.5 Å². The summed E-state index contributed by atoms with van der Waals surface area (Å²) >= 11 is 10.7. The van der Waals surface area contributed by atoms with Gasteiger partial charge in [0.2, 0.25) is 0 Å². The van der Waals surface area contributed by atoms with Gasteiger partial charge in [-0.25, -0.2) is 19.9 Å². The van der Waals surface area contributed by atoms with Crippen LogP contribution in [0.3, 0.4) is 0 Å². The number of aromatic amines is 1. The van der Waals surface area contributed by atoms with Gasteiger partial charge in [0.15, 0.2) is 23.6 Å². The molecule has 0 amide bonds. The van der Waals surface area contributed by atoms with Crippen molar-refractivity contribution in [2.24, 2.45) is 0 Å². The number of pyridine rings is 1. The van der Waals surface area contributed by atoms with Crippen molar-refractivity contribution in [3.8, 4) is 0 Å². The largest absolute Gasteiger partial charge is 0.386 e. The van der Waals surface area contributed by atoms with E-state index in [2.05, 4.69) is 24.9 Å². The van der Waals surface area contributed by atoms with Crippen LogP contribution in [0.25, 0.3) is 22.2 Å². The summed E-state index contributed by atoms with van der Waals surface area (Å²) in [6, 6.07) is 1.45. The summed E-state index contributed by atoms with van der Waals surface area (Å²) in [6.07, 6.45) is -3.71. The first-order valence-electron chi connectivity index (χ1n) is 13.8. The molecule has 46 heavy (non-hydrogen) atoms. The van der Waals surface area contributed by atoms with E-state index in [4.69, 9.17) is 61.7 Å². The highest BCUT2D eigenvalue weighted by Gasteiger charge is 2.65. The minimum Gasteiger partial charge on any atom is -0.386 e. The third-order valence-corrected chi connectivity index (χ3v) is 11.4. The molecule has 8 heterocycles. The molecule has 4 fully saturated rings. The van der Waals surface area contributed by atoms with Crippen molar-refractivity contribution < 1.29 is 47.2 Å². The molecular weight excluding hydrogens is 690 g/mol. The van der Waals surface area contributed by atoms with Crippen molar-refractivity contribution in [3.05, 3.63) is 41.1 Å². The molecule has 4 aromatic rings. The van der Waals surface area contributed by atoms with Gasteiger partial charge in [0.05, 0.1) is 43.7 Å².